The van der Waals surface area contributed by atoms with Crippen LogP contribution in [0.1, 0.15) is 44.9 Å². The number of nitrogens with one attached hydrogen (secondary N) is 1. The number of imidazole rings is 1. The van der Waals surface area contributed by atoms with Gasteiger partial charge in [-0.25, -0.2) is 14.5 Å². The Morgan fingerprint density at radius 2 is 2.08 bits per heavy atom. The Hall–Kier alpha value is -4.42. The summed E-state index contributed by atoms with van der Waals surface area (Å²) in [6, 6.07) is 2.82. The highest BCUT2D eigenvalue weighted by atomic mass is 19.4. The first-order valence-electron chi connectivity index (χ1n) is 11.1. The van der Waals surface area contributed by atoms with Crippen molar-refractivity contribution in [2.45, 2.75) is 25.6 Å². The van der Waals surface area contributed by atoms with E-state index < -0.39 is 23.7 Å². The van der Waals surface area contributed by atoms with Crippen LogP contribution in [0.5, 0.6) is 0 Å². The number of carbonyl (C=O) groups is 1. The molecule has 0 aliphatic carbocycles. The van der Waals surface area contributed by atoms with Gasteiger partial charge in [0.25, 0.3) is 5.91 Å². The summed E-state index contributed by atoms with van der Waals surface area (Å²) >= 11 is 0. The van der Waals surface area contributed by atoms with Crippen molar-refractivity contribution < 1.29 is 22.4 Å². The number of carbonyl (C=O) groups excluding carboxylic acids is 1. The molecule has 0 saturated carbocycles. The van der Waals surface area contributed by atoms with E-state index in [2.05, 4.69) is 25.1 Å². The second-order valence-corrected chi connectivity index (χ2v) is 8.53. The fourth-order valence-corrected chi connectivity index (χ4v) is 4.55. The zero-order chi connectivity index (χ0) is 25.2. The van der Waals surface area contributed by atoms with E-state index in [0.717, 1.165) is 17.5 Å². The Balaban J connectivity index is 1.42. The highest BCUT2D eigenvalue weighted by molar-refractivity contribution is 5.92. The van der Waals surface area contributed by atoms with Gasteiger partial charge in [-0.3, -0.25) is 9.48 Å². The first kappa shape index (κ1) is 22.1. The second kappa shape index (κ2) is 7.80. The molecule has 0 spiro atoms. The first-order valence-corrected chi connectivity index (χ1v) is 11.1. The van der Waals surface area contributed by atoms with Gasteiger partial charge in [0.1, 0.15) is 6.04 Å². The molecule has 13 heteroatoms. The predicted octanol–water partition coefficient (Wildman–Crippen LogP) is 3.56. The Morgan fingerprint density at radius 1 is 1.25 bits per heavy atom. The van der Waals surface area contributed by atoms with Crippen molar-refractivity contribution in [1.82, 2.24) is 39.2 Å². The van der Waals surface area contributed by atoms with Crippen molar-refractivity contribution in [3.8, 4) is 11.5 Å². The number of fused-ring (bicyclic) bond motifs is 2. The van der Waals surface area contributed by atoms with Crippen molar-refractivity contribution in [1.29, 1.82) is 0 Å². The molecule has 1 amide bonds. The molecule has 0 aromatic carbocycles. The summed E-state index contributed by atoms with van der Waals surface area (Å²) in [5, 5.41) is 8.57. The summed E-state index contributed by atoms with van der Waals surface area (Å²) < 4.78 is 49.5. The summed E-state index contributed by atoms with van der Waals surface area (Å²) in [6.45, 7) is 2.13. The minimum absolute atomic E-state index is 0.00279. The maximum absolute atomic E-state index is 13.6. The van der Waals surface area contributed by atoms with E-state index >= 15 is 0 Å². The number of H-pyrrole nitrogens is 1. The zero-order valence-corrected chi connectivity index (χ0v) is 19.1. The van der Waals surface area contributed by atoms with Crippen LogP contribution < -0.4 is 0 Å². The lowest BCUT2D eigenvalue weighted by Gasteiger charge is -2.33. The third kappa shape index (κ3) is 3.38. The van der Waals surface area contributed by atoms with Gasteiger partial charge in [-0.1, -0.05) is 0 Å². The van der Waals surface area contributed by atoms with Gasteiger partial charge in [-0.2, -0.15) is 23.4 Å². The van der Waals surface area contributed by atoms with Gasteiger partial charge in [-0.05, 0) is 25.1 Å². The summed E-state index contributed by atoms with van der Waals surface area (Å²) in [4.78, 5) is 26.8. The number of alkyl halides is 3. The van der Waals surface area contributed by atoms with Crippen LogP contribution in [0.2, 0.25) is 0 Å². The number of aromatic nitrogens is 7. The minimum Gasteiger partial charge on any atom is -0.431 e. The molecule has 1 atom stereocenters. The summed E-state index contributed by atoms with van der Waals surface area (Å²) in [7, 11) is 1.78. The Morgan fingerprint density at radius 3 is 2.83 bits per heavy atom. The molecule has 6 heterocycles. The van der Waals surface area contributed by atoms with Crippen LogP contribution in [0, 0.1) is 6.92 Å². The molecule has 1 N–H and O–H groups in total. The van der Waals surface area contributed by atoms with Gasteiger partial charge in [0.15, 0.2) is 0 Å². The smallest absolute Gasteiger partial charge is 0.418 e. The highest BCUT2D eigenvalue weighted by Gasteiger charge is 2.39. The SMILES string of the molecule is Cc1c(-c2ncc(C(=O)N3CCc4[nH]cnc4C3c3cc4c(C(F)(F)F)cccn4n3)o2)cnn1C. The Kier molecular flexibility index (Phi) is 4.78. The highest BCUT2D eigenvalue weighted by Crippen LogP contribution is 2.37. The maximum atomic E-state index is 13.6. The molecule has 0 bridgehead atoms. The van der Waals surface area contributed by atoms with Crippen LogP contribution in [0.4, 0.5) is 13.2 Å². The second-order valence-electron chi connectivity index (χ2n) is 8.53. The van der Waals surface area contributed by atoms with Crippen LogP contribution in [0.3, 0.4) is 0 Å². The summed E-state index contributed by atoms with van der Waals surface area (Å²) in [5.41, 5.74) is 2.13. The molecular weight excluding hydrogens is 477 g/mol. The largest absolute Gasteiger partial charge is 0.431 e. The number of pyridine rings is 1. The molecule has 184 valence electrons. The average molecular weight is 496 g/mol. The van der Waals surface area contributed by atoms with Crippen molar-refractivity contribution in [2.24, 2.45) is 7.05 Å². The number of halogens is 3. The topological polar surface area (TPSA) is 110 Å². The molecular formula is C23H19F3N8O2. The number of hydrogen-bond acceptors (Lipinski definition) is 6. The molecule has 0 radical (unpaired) electrons. The number of aromatic amines is 1. The lowest BCUT2D eigenvalue weighted by Crippen LogP contribution is -2.40. The zero-order valence-electron chi connectivity index (χ0n) is 19.1. The first-order chi connectivity index (χ1) is 17.2. The number of hydrogen-bond donors (Lipinski definition) is 1. The van der Waals surface area contributed by atoms with Crippen molar-refractivity contribution in [3.63, 3.8) is 0 Å². The van der Waals surface area contributed by atoms with Crippen molar-refractivity contribution >= 4 is 11.4 Å². The van der Waals surface area contributed by atoms with E-state index in [9.17, 15) is 18.0 Å². The number of aryl methyl sites for hydroxylation is 1. The molecule has 6 rings (SSSR count). The number of rotatable bonds is 3. The summed E-state index contributed by atoms with van der Waals surface area (Å²) in [6.07, 6.45) is 1.81. The molecule has 10 nitrogen and oxygen atoms in total. The summed E-state index contributed by atoms with van der Waals surface area (Å²) in [5.74, 6) is -0.223. The molecule has 1 aliphatic heterocycles. The number of nitrogens with zero attached hydrogens (tertiary/aromatic N) is 7. The van der Waals surface area contributed by atoms with Crippen LogP contribution >= 0.6 is 0 Å². The molecule has 0 fully saturated rings. The van der Waals surface area contributed by atoms with Crippen LogP contribution in [-0.4, -0.2) is 51.7 Å². The molecule has 1 unspecified atom stereocenters. The van der Waals surface area contributed by atoms with Crippen LogP contribution in [0.15, 0.2) is 47.5 Å². The van der Waals surface area contributed by atoms with Gasteiger partial charge in [0.2, 0.25) is 11.7 Å². The van der Waals surface area contributed by atoms with Crippen molar-refractivity contribution in [2.75, 3.05) is 6.54 Å². The van der Waals surface area contributed by atoms with Gasteiger partial charge in [-0.15, -0.1) is 0 Å². The third-order valence-electron chi connectivity index (χ3n) is 6.47. The van der Waals surface area contributed by atoms with Gasteiger partial charge >= 0.3 is 6.18 Å². The van der Waals surface area contributed by atoms with Gasteiger partial charge in [0, 0.05) is 37.6 Å². The lowest BCUT2D eigenvalue weighted by molar-refractivity contribution is -0.136. The van der Waals surface area contributed by atoms with E-state index in [1.165, 1.54) is 40.3 Å². The molecule has 5 aromatic heterocycles. The van der Waals surface area contributed by atoms with Crippen LogP contribution in [-0.2, 0) is 19.6 Å². The third-order valence-corrected chi connectivity index (χ3v) is 6.47. The Labute approximate surface area is 201 Å². The van der Waals surface area contributed by atoms with E-state index in [1.54, 1.807) is 17.9 Å². The van der Waals surface area contributed by atoms with Crippen molar-refractivity contribution in [3.05, 3.63) is 77.2 Å². The van der Waals surface area contributed by atoms with Gasteiger partial charge < -0.3 is 14.3 Å². The minimum atomic E-state index is -4.56. The maximum Gasteiger partial charge on any atom is 0.418 e. The van der Waals surface area contributed by atoms with E-state index in [1.807, 2.05) is 6.92 Å². The van der Waals surface area contributed by atoms with E-state index in [-0.39, 0.29) is 29.4 Å². The Bertz CT molecular complexity index is 1610. The fraction of sp³-hybridized carbons (Fsp3) is 0.261. The van der Waals surface area contributed by atoms with E-state index in [4.69, 9.17) is 4.42 Å². The van der Waals surface area contributed by atoms with Gasteiger partial charge in [0.05, 0.1) is 46.8 Å². The van der Waals surface area contributed by atoms with E-state index in [0.29, 0.717) is 17.7 Å². The monoisotopic (exact) mass is 496 g/mol. The molecule has 1 aliphatic rings. The fourth-order valence-electron chi connectivity index (χ4n) is 4.55. The normalized spacial score (nSPS) is 16.0. The molecule has 0 saturated heterocycles. The average Bonchev–Trinajstić information content (AvgIpc) is 3.64. The quantitative estimate of drug-likeness (QED) is 0.409. The number of oxazole rings is 1. The molecule has 36 heavy (non-hydrogen) atoms. The predicted molar refractivity (Wildman–Crippen MR) is 119 cm³/mol. The molecule has 5 aromatic rings. The standard InChI is InChI=1S/C23H19F3N8O2/c1-12-13(9-30-32(12)2)21-27-10-18(36-21)22(35)33-7-5-15-19(29-11-28-15)20(33)16-8-17-14(23(24,25)26)4-3-6-34(17)31-16/h3-4,6,8-11,20H,5,7H2,1-2H3,(H,28,29). The number of amides is 1. The lowest BCUT2D eigenvalue weighted by atomic mass is 9.99. The van der Waals surface area contributed by atoms with Crippen LogP contribution in [0.25, 0.3) is 17.0 Å².